The SMILES string of the molecule is Cn1ccnc1[C@H](NC(=O)C1CCN(S(=O)(=O)c2cccs2)CC1)c1ccc(F)cc1. The van der Waals surface area contributed by atoms with E-state index in [0.29, 0.717) is 36.0 Å². The van der Waals surface area contributed by atoms with Crippen LogP contribution in [0.2, 0.25) is 0 Å². The first-order valence-electron chi connectivity index (χ1n) is 9.93. The van der Waals surface area contributed by atoms with E-state index in [1.165, 1.54) is 27.8 Å². The fourth-order valence-electron chi connectivity index (χ4n) is 3.76. The zero-order chi connectivity index (χ0) is 22.0. The summed E-state index contributed by atoms with van der Waals surface area (Å²) in [5, 5.41) is 4.77. The number of nitrogens with zero attached hydrogens (tertiary/aromatic N) is 3. The number of thiophene rings is 1. The second kappa shape index (κ2) is 8.89. The molecule has 0 aliphatic carbocycles. The van der Waals surface area contributed by atoms with Crippen LogP contribution in [0.15, 0.2) is 58.4 Å². The van der Waals surface area contributed by atoms with Crippen LogP contribution in [0.4, 0.5) is 4.39 Å². The monoisotopic (exact) mass is 462 g/mol. The molecule has 164 valence electrons. The third-order valence-corrected chi connectivity index (χ3v) is 8.79. The molecule has 0 spiro atoms. The number of imidazole rings is 1. The maximum absolute atomic E-state index is 13.4. The highest BCUT2D eigenvalue weighted by Gasteiger charge is 2.33. The number of carbonyl (C=O) groups is 1. The summed E-state index contributed by atoms with van der Waals surface area (Å²) in [5.74, 6) is -0.186. The van der Waals surface area contributed by atoms with Crippen LogP contribution < -0.4 is 5.32 Å². The van der Waals surface area contributed by atoms with E-state index in [0.717, 1.165) is 5.56 Å². The fourth-order valence-corrected chi connectivity index (χ4v) is 6.38. The predicted molar refractivity (Wildman–Crippen MR) is 115 cm³/mol. The van der Waals surface area contributed by atoms with Crippen molar-refractivity contribution in [3.8, 4) is 0 Å². The average molecular weight is 463 g/mol. The minimum absolute atomic E-state index is 0.162. The van der Waals surface area contributed by atoms with Gasteiger partial charge in [0.2, 0.25) is 5.91 Å². The second-order valence-corrected chi connectivity index (χ2v) is 10.6. The van der Waals surface area contributed by atoms with Crippen molar-refractivity contribution in [2.24, 2.45) is 13.0 Å². The van der Waals surface area contributed by atoms with Crippen LogP contribution in [0.1, 0.15) is 30.3 Å². The number of sulfonamides is 1. The summed E-state index contributed by atoms with van der Waals surface area (Å²) in [7, 11) is -1.68. The molecule has 1 aliphatic heterocycles. The molecule has 0 saturated carbocycles. The minimum atomic E-state index is -3.51. The smallest absolute Gasteiger partial charge is 0.252 e. The molecule has 1 atom stereocenters. The molecule has 1 amide bonds. The standard InChI is InChI=1S/C21H23FN4O3S2/c1-25-13-10-23-20(25)19(15-4-6-17(22)7-5-15)24-21(27)16-8-11-26(12-9-16)31(28,29)18-3-2-14-30-18/h2-7,10,13-14,16,19H,8-9,11-12H2,1H3,(H,24,27)/t19-/m1/s1. The molecule has 4 rings (SSSR count). The summed E-state index contributed by atoms with van der Waals surface area (Å²) < 4.78 is 42.4. The first kappa shape index (κ1) is 21.7. The van der Waals surface area contributed by atoms with Gasteiger partial charge in [-0.1, -0.05) is 18.2 Å². The zero-order valence-electron chi connectivity index (χ0n) is 16.9. The number of carbonyl (C=O) groups excluding carboxylic acids is 1. The first-order chi connectivity index (χ1) is 14.9. The van der Waals surface area contributed by atoms with Crippen LogP contribution in [-0.4, -0.2) is 41.3 Å². The van der Waals surface area contributed by atoms with Crippen LogP contribution in [-0.2, 0) is 21.9 Å². The Labute approximate surface area is 184 Å². The predicted octanol–water partition coefficient (Wildman–Crippen LogP) is 2.93. The molecule has 3 heterocycles. The fraction of sp³-hybridized carbons (Fsp3) is 0.333. The Hall–Kier alpha value is -2.56. The van der Waals surface area contributed by atoms with Gasteiger partial charge in [0.1, 0.15) is 21.9 Å². The number of hydrogen-bond donors (Lipinski definition) is 1. The van der Waals surface area contributed by atoms with E-state index in [1.54, 1.807) is 42.0 Å². The maximum Gasteiger partial charge on any atom is 0.252 e. The van der Waals surface area contributed by atoms with E-state index in [1.807, 2.05) is 11.6 Å². The Kier molecular flexibility index (Phi) is 6.22. The van der Waals surface area contributed by atoms with Gasteiger partial charge >= 0.3 is 0 Å². The van der Waals surface area contributed by atoms with E-state index >= 15 is 0 Å². The van der Waals surface area contributed by atoms with Gasteiger partial charge in [-0.05, 0) is 42.0 Å². The third kappa shape index (κ3) is 4.56. The van der Waals surface area contributed by atoms with Crippen molar-refractivity contribution in [3.05, 3.63) is 71.4 Å². The number of hydrogen-bond acceptors (Lipinski definition) is 5. The number of aryl methyl sites for hydroxylation is 1. The summed E-state index contributed by atoms with van der Waals surface area (Å²) in [6.45, 7) is 0.587. The van der Waals surface area contributed by atoms with Crippen molar-refractivity contribution < 1.29 is 17.6 Å². The minimum Gasteiger partial charge on any atom is -0.342 e. The molecule has 0 unspecified atom stereocenters. The van der Waals surface area contributed by atoms with Crippen LogP contribution in [0.3, 0.4) is 0 Å². The Bertz CT molecular complexity index is 1140. The zero-order valence-corrected chi connectivity index (χ0v) is 18.6. The van der Waals surface area contributed by atoms with Crippen molar-refractivity contribution >= 4 is 27.3 Å². The number of rotatable bonds is 6. The Morgan fingerprint density at radius 2 is 1.94 bits per heavy atom. The normalized spacial score (nSPS) is 16.8. The topological polar surface area (TPSA) is 84.3 Å². The molecule has 1 fully saturated rings. The first-order valence-corrected chi connectivity index (χ1v) is 12.2. The van der Waals surface area contributed by atoms with Crippen molar-refractivity contribution in [1.82, 2.24) is 19.2 Å². The van der Waals surface area contributed by atoms with Gasteiger partial charge in [0.15, 0.2) is 0 Å². The van der Waals surface area contributed by atoms with Crippen LogP contribution >= 0.6 is 11.3 Å². The largest absolute Gasteiger partial charge is 0.342 e. The van der Waals surface area contributed by atoms with Crippen molar-refractivity contribution in [3.63, 3.8) is 0 Å². The lowest BCUT2D eigenvalue weighted by molar-refractivity contribution is -0.126. The lowest BCUT2D eigenvalue weighted by Crippen LogP contribution is -2.44. The number of piperidine rings is 1. The molecular weight excluding hydrogens is 439 g/mol. The van der Waals surface area contributed by atoms with Crippen molar-refractivity contribution in [1.29, 1.82) is 0 Å². The van der Waals surface area contributed by atoms with Gasteiger partial charge in [0.05, 0.1) is 0 Å². The van der Waals surface area contributed by atoms with E-state index < -0.39 is 16.1 Å². The second-order valence-electron chi connectivity index (χ2n) is 7.50. The number of benzene rings is 1. The molecule has 3 aromatic rings. The van der Waals surface area contributed by atoms with E-state index in [4.69, 9.17) is 0 Å². The molecule has 0 radical (unpaired) electrons. The number of halogens is 1. The number of aromatic nitrogens is 2. The highest BCUT2D eigenvalue weighted by atomic mass is 32.2. The van der Waals surface area contributed by atoms with Gasteiger partial charge in [-0.2, -0.15) is 4.31 Å². The summed E-state index contributed by atoms with van der Waals surface area (Å²) in [5.41, 5.74) is 0.724. The molecule has 0 bridgehead atoms. The van der Waals surface area contributed by atoms with Crippen molar-refractivity contribution in [2.45, 2.75) is 23.1 Å². The van der Waals surface area contributed by atoms with Crippen LogP contribution in [0.5, 0.6) is 0 Å². The summed E-state index contributed by atoms with van der Waals surface area (Å²) in [6, 6.07) is 8.75. The maximum atomic E-state index is 13.4. The van der Waals surface area contributed by atoms with Gasteiger partial charge in [0.25, 0.3) is 10.0 Å². The summed E-state index contributed by atoms with van der Waals surface area (Å²) >= 11 is 1.19. The van der Waals surface area contributed by atoms with Crippen molar-refractivity contribution in [2.75, 3.05) is 13.1 Å². The average Bonchev–Trinajstić information content (AvgIpc) is 3.45. The molecule has 1 aromatic carbocycles. The molecule has 1 aliphatic rings. The molecule has 2 aromatic heterocycles. The highest BCUT2D eigenvalue weighted by molar-refractivity contribution is 7.91. The molecule has 10 heteroatoms. The molecule has 31 heavy (non-hydrogen) atoms. The van der Waals surface area contributed by atoms with Crippen LogP contribution in [0.25, 0.3) is 0 Å². The highest BCUT2D eigenvalue weighted by Crippen LogP contribution is 2.28. The van der Waals surface area contributed by atoms with Gasteiger partial charge in [0, 0.05) is 38.4 Å². The lowest BCUT2D eigenvalue weighted by atomic mass is 9.96. The van der Waals surface area contributed by atoms with Gasteiger partial charge in [-0.3, -0.25) is 4.79 Å². The Morgan fingerprint density at radius 1 is 1.23 bits per heavy atom. The van der Waals surface area contributed by atoms with Gasteiger partial charge in [-0.25, -0.2) is 17.8 Å². The molecule has 1 N–H and O–H groups in total. The Balaban J connectivity index is 1.46. The lowest BCUT2D eigenvalue weighted by Gasteiger charge is -2.31. The van der Waals surface area contributed by atoms with Crippen LogP contribution in [0, 0.1) is 11.7 Å². The van der Waals surface area contributed by atoms with Gasteiger partial charge in [-0.15, -0.1) is 11.3 Å². The van der Waals surface area contributed by atoms with E-state index in [2.05, 4.69) is 10.3 Å². The third-order valence-electron chi connectivity index (χ3n) is 5.52. The summed E-state index contributed by atoms with van der Waals surface area (Å²) in [6.07, 6.45) is 4.30. The van der Waals surface area contributed by atoms with E-state index in [9.17, 15) is 17.6 Å². The Morgan fingerprint density at radius 3 is 2.52 bits per heavy atom. The van der Waals surface area contributed by atoms with Gasteiger partial charge < -0.3 is 9.88 Å². The molecule has 7 nitrogen and oxygen atoms in total. The van der Waals surface area contributed by atoms with E-state index in [-0.39, 0.29) is 17.6 Å². The quantitative estimate of drug-likeness (QED) is 0.611. The number of amides is 1. The molecule has 1 saturated heterocycles. The molecular formula is C21H23FN4O3S2. The summed E-state index contributed by atoms with van der Waals surface area (Å²) in [4.78, 5) is 17.4. The number of nitrogens with one attached hydrogen (secondary N) is 1.